The second kappa shape index (κ2) is 11.1. The largest absolute Gasteiger partial charge is 0.492 e. The van der Waals surface area contributed by atoms with Gasteiger partial charge in [-0.05, 0) is 37.1 Å². The van der Waals surface area contributed by atoms with Crippen LogP contribution in [0.3, 0.4) is 0 Å². The molecule has 4 rings (SSSR count). The fraction of sp³-hybridized carbons (Fsp3) is 0.440. The Morgan fingerprint density at radius 3 is 2.89 bits per heavy atom. The van der Waals surface area contributed by atoms with Gasteiger partial charge in [0.05, 0.1) is 18.2 Å². The summed E-state index contributed by atoms with van der Waals surface area (Å²) in [5.41, 5.74) is 2.06. The number of carbonyl (C=O) groups excluding carboxylic acids is 1. The number of alkyl halides is 3. The zero-order chi connectivity index (χ0) is 24.8. The van der Waals surface area contributed by atoms with Gasteiger partial charge in [-0.2, -0.15) is 18.3 Å². The number of anilines is 1. The van der Waals surface area contributed by atoms with Crippen molar-refractivity contribution in [3.63, 3.8) is 0 Å². The first-order valence-corrected chi connectivity index (χ1v) is 11.6. The van der Waals surface area contributed by atoms with Crippen molar-refractivity contribution in [1.29, 1.82) is 0 Å². The number of allylic oxidation sites excluding steroid dienone is 3. The Morgan fingerprint density at radius 2 is 2.11 bits per heavy atom. The number of carbonyl (C=O) groups is 1. The lowest BCUT2D eigenvalue weighted by Gasteiger charge is -2.21. The molecule has 1 aliphatic heterocycles. The summed E-state index contributed by atoms with van der Waals surface area (Å²) in [4.78, 5) is 15.0. The second-order valence-corrected chi connectivity index (χ2v) is 8.59. The van der Waals surface area contributed by atoms with Crippen LogP contribution in [0.2, 0.25) is 0 Å². The van der Waals surface area contributed by atoms with Crippen LogP contribution in [0.4, 0.5) is 18.9 Å². The Balaban J connectivity index is 1.47. The lowest BCUT2D eigenvalue weighted by Crippen LogP contribution is -2.30. The molecule has 2 aromatic rings. The highest BCUT2D eigenvalue weighted by atomic mass is 19.4. The van der Waals surface area contributed by atoms with Gasteiger partial charge in [-0.1, -0.05) is 18.2 Å². The maximum atomic E-state index is 13.1. The number of nitrogens with zero attached hydrogens (tertiary/aromatic N) is 3. The summed E-state index contributed by atoms with van der Waals surface area (Å²) in [5.74, 6) is -1.59. The van der Waals surface area contributed by atoms with Crippen LogP contribution in [-0.2, 0) is 16.6 Å². The predicted molar refractivity (Wildman–Crippen MR) is 126 cm³/mol. The molecular weight excluding hydrogens is 461 g/mol. The maximum Gasteiger partial charge on any atom is 0.395 e. The van der Waals surface area contributed by atoms with Crippen LogP contribution in [0.1, 0.15) is 12.8 Å². The van der Waals surface area contributed by atoms with Crippen LogP contribution in [0.15, 0.2) is 54.3 Å². The Morgan fingerprint density at radius 1 is 1.26 bits per heavy atom. The number of ether oxygens (including phenoxy) is 2. The van der Waals surface area contributed by atoms with E-state index in [0.29, 0.717) is 24.7 Å². The molecule has 1 unspecified atom stereocenters. The van der Waals surface area contributed by atoms with E-state index in [2.05, 4.69) is 15.3 Å². The number of aryl methyl sites for hydroxylation is 1. The number of nitrogens with one attached hydrogen (secondary N) is 1. The Labute approximate surface area is 202 Å². The van der Waals surface area contributed by atoms with Gasteiger partial charge in [0, 0.05) is 56.3 Å². The smallest absolute Gasteiger partial charge is 0.395 e. The molecule has 0 saturated carbocycles. The van der Waals surface area contributed by atoms with E-state index in [1.165, 1.54) is 12.2 Å². The van der Waals surface area contributed by atoms with E-state index in [4.69, 9.17) is 9.47 Å². The monoisotopic (exact) mass is 490 g/mol. The van der Waals surface area contributed by atoms with Gasteiger partial charge in [-0.15, -0.1) is 0 Å². The Hall–Kier alpha value is -3.11. The predicted octanol–water partition coefficient (Wildman–Crippen LogP) is 4.19. The van der Waals surface area contributed by atoms with E-state index >= 15 is 0 Å². The fourth-order valence-electron chi connectivity index (χ4n) is 4.16. The minimum absolute atomic E-state index is 0.0821. The standard InChI is InChI=1S/C25H29F3N4O3/c1-31-22(8-9-29-31)21-17-20(30-24(33)18-4-2-5-19(16-18)25(26,27)28)6-7-23(21)35-15-12-32-10-3-13-34-14-11-32/h2,4-9,17,19H,3,10-16H2,1H3,(H,30,33). The highest BCUT2D eigenvalue weighted by molar-refractivity contribution is 6.04. The average Bonchev–Trinajstić information content (AvgIpc) is 3.09. The lowest BCUT2D eigenvalue weighted by molar-refractivity contribution is -0.161. The van der Waals surface area contributed by atoms with Gasteiger partial charge in [0.15, 0.2) is 0 Å². The molecule has 1 saturated heterocycles. The SMILES string of the molecule is Cn1nccc1-c1cc(NC(=O)C2=CC=CC(C(F)(F)F)C2)ccc1OCCN1CCCOCC1. The number of halogens is 3. The molecule has 0 radical (unpaired) electrons. The Bertz CT molecular complexity index is 1090. The topological polar surface area (TPSA) is 68.6 Å². The van der Waals surface area contributed by atoms with Crippen molar-refractivity contribution in [3.05, 3.63) is 54.3 Å². The molecule has 1 amide bonds. The minimum atomic E-state index is -4.39. The van der Waals surface area contributed by atoms with Crippen molar-refractivity contribution in [2.45, 2.75) is 19.0 Å². The van der Waals surface area contributed by atoms with E-state index in [-0.39, 0.29) is 12.0 Å². The molecule has 1 fully saturated rings. The fourth-order valence-corrected chi connectivity index (χ4v) is 4.16. The van der Waals surface area contributed by atoms with Crippen molar-refractivity contribution >= 4 is 11.6 Å². The molecule has 35 heavy (non-hydrogen) atoms. The number of rotatable bonds is 7. The summed E-state index contributed by atoms with van der Waals surface area (Å²) >= 11 is 0. The van der Waals surface area contributed by atoms with Gasteiger partial charge < -0.3 is 14.8 Å². The molecule has 1 N–H and O–H groups in total. The van der Waals surface area contributed by atoms with Gasteiger partial charge in [0.2, 0.25) is 0 Å². The molecule has 1 aromatic heterocycles. The van der Waals surface area contributed by atoms with E-state index in [1.54, 1.807) is 36.1 Å². The van der Waals surface area contributed by atoms with Crippen LogP contribution in [0, 0.1) is 5.92 Å². The van der Waals surface area contributed by atoms with Gasteiger partial charge in [0.1, 0.15) is 12.4 Å². The van der Waals surface area contributed by atoms with E-state index < -0.39 is 18.0 Å². The van der Waals surface area contributed by atoms with Crippen LogP contribution >= 0.6 is 0 Å². The molecule has 10 heteroatoms. The lowest BCUT2D eigenvalue weighted by atomic mass is 9.93. The third kappa shape index (κ3) is 6.52. The molecule has 0 bridgehead atoms. The number of benzene rings is 1. The molecule has 188 valence electrons. The number of hydrogen-bond donors (Lipinski definition) is 1. The average molecular weight is 491 g/mol. The summed E-state index contributed by atoms with van der Waals surface area (Å²) in [6.07, 6.45) is 1.66. The summed E-state index contributed by atoms with van der Waals surface area (Å²) in [6, 6.07) is 7.04. The third-order valence-electron chi connectivity index (χ3n) is 6.11. The molecule has 1 atom stereocenters. The molecule has 2 heterocycles. The van der Waals surface area contributed by atoms with E-state index in [9.17, 15) is 18.0 Å². The molecular formula is C25H29F3N4O3. The van der Waals surface area contributed by atoms with Crippen LogP contribution in [0.25, 0.3) is 11.3 Å². The third-order valence-corrected chi connectivity index (χ3v) is 6.11. The number of aromatic nitrogens is 2. The second-order valence-electron chi connectivity index (χ2n) is 8.59. The quantitative estimate of drug-likeness (QED) is 0.631. The number of amides is 1. The van der Waals surface area contributed by atoms with Gasteiger partial charge in [-0.3, -0.25) is 14.4 Å². The summed E-state index contributed by atoms with van der Waals surface area (Å²) in [7, 11) is 1.80. The summed E-state index contributed by atoms with van der Waals surface area (Å²) in [6.45, 7) is 4.56. The van der Waals surface area contributed by atoms with Crippen molar-refractivity contribution < 1.29 is 27.4 Å². The van der Waals surface area contributed by atoms with Crippen molar-refractivity contribution in [2.75, 3.05) is 44.8 Å². The van der Waals surface area contributed by atoms with E-state index in [0.717, 1.165) is 50.0 Å². The van der Waals surface area contributed by atoms with Crippen molar-refractivity contribution in [3.8, 4) is 17.0 Å². The highest BCUT2D eigenvalue weighted by Crippen LogP contribution is 2.36. The first-order valence-electron chi connectivity index (χ1n) is 11.6. The van der Waals surface area contributed by atoms with Crippen LogP contribution < -0.4 is 10.1 Å². The maximum absolute atomic E-state index is 13.1. The zero-order valence-corrected chi connectivity index (χ0v) is 19.6. The first kappa shape index (κ1) is 25.0. The normalized spacial score (nSPS) is 19.2. The summed E-state index contributed by atoms with van der Waals surface area (Å²) in [5, 5.41) is 6.95. The molecule has 0 spiro atoms. The molecule has 2 aliphatic rings. The van der Waals surface area contributed by atoms with Crippen LogP contribution in [0.5, 0.6) is 5.75 Å². The number of hydrogen-bond acceptors (Lipinski definition) is 5. The summed E-state index contributed by atoms with van der Waals surface area (Å²) < 4.78 is 52.6. The van der Waals surface area contributed by atoms with Crippen LogP contribution in [-0.4, -0.2) is 66.2 Å². The Kier molecular flexibility index (Phi) is 7.92. The van der Waals surface area contributed by atoms with Crippen molar-refractivity contribution in [2.24, 2.45) is 13.0 Å². The molecule has 1 aromatic carbocycles. The molecule has 1 aliphatic carbocycles. The van der Waals surface area contributed by atoms with Gasteiger partial charge >= 0.3 is 6.18 Å². The molecule has 7 nitrogen and oxygen atoms in total. The van der Waals surface area contributed by atoms with Gasteiger partial charge in [-0.25, -0.2) is 0 Å². The van der Waals surface area contributed by atoms with Gasteiger partial charge in [0.25, 0.3) is 5.91 Å². The highest BCUT2D eigenvalue weighted by Gasteiger charge is 2.39. The first-order chi connectivity index (χ1) is 16.8. The van der Waals surface area contributed by atoms with E-state index in [1.807, 2.05) is 6.07 Å². The minimum Gasteiger partial charge on any atom is -0.492 e. The zero-order valence-electron chi connectivity index (χ0n) is 19.6. The van der Waals surface area contributed by atoms with Crippen molar-refractivity contribution in [1.82, 2.24) is 14.7 Å².